The number of hydrogen-bond donors (Lipinski definition) is 2. The molecule has 1 aliphatic heterocycles. The molecule has 2 fully saturated rings. The monoisotopic (exact) mass is 389 g/mol. The highest BCUT2D eigenvalue weighted by atomic mass is 35.5. The summed E-state index contributed by atoms with van der Waals surface area (Å²) in [6, 6.07) is 8.32. The van der Waals surface area contributed by atoms with E-state index in [0.717, 1.165) is 58.5 Å². The van der Waals surface area contributed by atoms with Crippen molar-refractivity contribution in [1.29, 1.82) is 0 Å². The summed E-state index contributed by atoms with van der Waals surface area (Å²) in [5.41, 5.74) is 8.01. The van der Waals surface area contributed by atoms with E-state index in [1.54, 1.807) is 0 Å². The highest BCUT2D eigenvalue weighted by Gasteiger charge is 2.36. The Balaban J connectivity index is 0.00000156. The lowest BCUT2D eigenvalue weighted by atomic mass is 9.98. The average Bonchev–Trinajstić information content (AvgIpc) is 3.03. The molecule has 0 unspecified atom stereocenters. The van der Waals surface area contributed by atoms with Crippen LogP contribution in [0.1, 0.15) is 36.8 Å². The molecule has 1 amide bonds. The Morgan fingerprint density at radius 2 is 1.72 bits per heavy atom. The molecule has 1 saturated carbocycles. The van der Waals surface area contributed by atoms with Crippen LogP contribution in [0.2, 0.25) is 0 Å². The molecule has 2 aliphatic rings. The number of nitrogens with zero attached hydrogens (tertiary/aromatic N) is 1. The van der Waals surface area contributed by atoms with E-state index in [-0.39, 0.29) is 30.7 Å². The summed E-state index contributed by atoms with van der Waals surface area (Å²) in [6.45, 7) is 4.99. The predicted molar refractivity (Wildman–Crippen MR) is 104 cm³/mol. The zero-order valence-corrected chi connectivity index (χ0v) is 16.2. The first kappa shape index (κ1) is 22.2. The Kier molecular flexibility index (Phi) is 9.17. The molecule has 1 saturated heterocycles. The maximum atomic E-state index is 12.4. The van der Waals surface area contributed by atoms with Crippen LogP contribution in [-0.2, 0) is 22.6 Å². The van der Waals surface area contributed by atoms with Crippen molar-refractivity contribution < 1.29 is 9.53 Å². The molecule has 3 rings (SSSR count). The van der Waals surface area contributed by atoms with Gasteiger partial charge in [-0.1, -0.05) is 37.1 Å². The third-order valence-corrected chi connectivity index (χ3v) is 5.00. The first-order chi connectivity index (χ1) is 11.2. The van der Waals surface area contributed by atoms with E-state index in [0.29, 0.717) is 6.54 Å². The van der Waals surface area contributed by atoms with Crippen LogP contribution >= 0.6 is 24.8 Å². The second-order valence-electron chi connectivity index (χ2n) is 6.70. The zero-order valence-electron chi connectivity index (χ0n) is 14.5. The summed E-state index contributed by atoms with van der Waals surface area (Å²) in [5.74, 6) is -0.00354. The van der Waals surface area contributed by atoms with Gasteiger partial charge in [0.05, 0.1) is 18.8 Å². The van der Waals surface area contributed by atoms with Gasteiger partial charge in [-0.15, -0.1) is 24.8 Å². The van der Waals surface area contributed by atoms with E-state index in [1.807, 2.05) is 6.07 Å². The Bertz CT molecular complexity index is 545. The number of morpholine rings is 1. The van der Waals surface area contributed by atoms with Gasteiger partial charge in [0.15, 0.2) is 0 Å². The van der Waals surface area contributed by atoms with Crippen molar-refractivity contribution in [3.63, 3.8) is 0 Å². The fourth-order valence-electron chi connectivity index (χ4n) is 3.47. The number of rotatable bonds is 5. The molecule has 1 aromatic rings. The topological polar surface area (TPSA) is 67.6 Å². The molecular weight excluding hydrogens is 361 g/mol. The van der Waals surface area contributed by atoms with Gasteiger partial charge < -0.3 is 15.8 Å². The Morgan fingerprint density at radius 3 is 2.36 bits per heavy atom. The highest BCUT2D eigenvalue weighted by molar-refractivity contribution is 5.86. The molecule has 1 heterocycles. The van der Waals surface area contributed by atoms with Crippen molar-refractivity contribution in [1.82, 2.24) is 10.2 Å². The molecule has 5 nitrogen and oxygen atoms in total. The van der Waals surface area contributed by atoms with Crippen molar-refractivity contribution in [3.8, 4) is 0 Å². The van der Waals surface area contributed by atoms with Gasteiger partial charge in [-0.05, 0) is 24.0 Å². The fraction of sp³-hybridized carbons (Fsp3) is 0.611. The molecule has 1 aliphatic carbocycles. The van der Waals surface area contributed by atoms with Crippen LogP contribution in [0.15, 0.2) is 24.3 Å². The summed E-state index contributed by atoms with van der Waals surface area (Å²) >= 11 is 0. The summed E-state index contributed by atoms with van der Waals surface area (Å²) in [6.07, 6.45) is 3.71. The Hall–Kier alpha value is -0.850. The van der Waals surface area contributed by atoms with Gasteiger partial charge in [-0.3, -0.25) is 9.69 Å². The van der Waals surface area contributed by atoms with Crippen molar-refractivity contribution in [2.24, 2.45) is 5.73 Å². The molecule has 0 spiro atoms. The minimum Gasteiger partial charge on any atom is -0.379 e. The van der Waals surface area contributed by atoms with Crippen LogP contribution in [-0.4, -0.2) is 42.6 Å². The van der Waals surface area contributed by atoms with Crippen molar-refractivity contribution in [2.75, 3.05) is 26.3 Å². The van der Waals surface area contributed by atoms with Crippen LogP contribution in [0, 0.1) is 0 Å². The third kappa shape index (κ3) is 5.83. The lowest BCUT2D eigenvalue weighted by molar-refractivity contribution is -0.126. The number of ether oxygens (including phenoxy) is 1. The van der Waals surface area contributed by atoms with Crippen LogP contribution in [0.3, 0.4) is 0 Å². The normalized spacial score (nSPS) is 19.6. The quantitative estimate of drug-likeness (QED) is 0.810. The van der Waals surface area contributed by atoms with Crippen molar-refractivity contribution >= 4 is 30.7 Å². The molecule has 25 heavy (non-hydrogen) atoms. The lowest BCUT2D eigenvalue weighted by Crippen LogP contribution is -2.51. The van der Waals surface area contributed by atoms with E-state index in [2.05, 4.69) is 28.4 Å². The van der Waals surface area contributed by atoms with Gasteiger partial charge >= 0.3 is 0 Å². The first-order valence-corrected chi connectivity index (χ1v) is 8.61. The molecule has 0 bridgehead atoms. The van der Waals surface area contributed by atoms with Gasteiger partial charge in [0.2, 0.25) is 5.91 Å². The minimum atomic E-state index is -0.654. The summed E-state index contributed by atoms with van der Waals surface area (Å²) in [4.78, 5) is 14.8. The third-order valence-electron chi connectivity index (χ3n) is 5.00. The maximum Gasteiger partial charge on any atom is 0.240 e. The molecule has 0 radical (unpaired) electrons. The van der Waals surface area contributed by atoms with Gasteiger partial charge in [0.1, 0.15) is 0 Å². The van der Waals surface area contributed by atoms with Crippen molar-refractivity contribution in [3.05, 3.63) is 35.4 Å². The molecule has 142 valence electrons. The number of benzene rings is 1. The number of amides is 1. The van der Waals surface area contributed by atoms with E-state index < -0.39 is 5.54 Å². The van der Waals surface area contributed by atoms with Crippen LogP contribution in [0.4, 0.5) is 0 Å². The summed E-state index contributed by atoms with van der Waals surface area (Å²) in [5, 5.41) is 3.05. The molecule has 7 heteroatoms. The first-order valence-electron chi connectivity index (χ1n) is 8.61. The molecule has 0 atom stereocenters. The van der Waals surface area contributed by atoms with Gasteiger partial charge in [-0.25, -0.2) is 0 Å². The van der Waals surface area contributed by atoms with E-state index >= 15 is 0 Å². The number of halogens is 2. The lowest BCUT2D eigenvalue weighted by Gasteiger charge is -2.27. The molecular formula is C18H29Cl2N3O2. The van der Waals surface area contributed by atoms with E-state index in [1.165, 1.54) is 11.1 Å². The second-order valence-corrected chi connectivity index (χ2v) is 6.70. The summed E-state index contributed by atoms with van der Waals surface area (Å²) in [7, 11) is 0. The number of nitrogens with two attached hydrogens (primary N) is 1. The zero-order chi connectivity index (χ0) is 16.1. The number of carbonyl (C=O) groups excluding carboxylic acids is 1. The van der Waals surface area contributed by atoms with Gasteiger partial charge in [0, 0.05) is 26.2 Å². The van der Waals surface area contributed by atoms with Crippen LogP contribution in [0.25, 0.3) is 0 Å². The SMILES string of the molecule is Cl.Cl.NC1(C(=O)NCc2ccccc2CN2CCOCC2)CCCC1. The molecule has 3 N–H and O–H groups in total. The van der Waals surface area contributed by atoms with E-state index in [9.17, 15) is 4.79 Å². The highest BCUT2D eigenvalue weighted by Crippen LogP contribution is 2.27. The predicted octanol–water partition coefficient (Wildman–Crippen LogP) is 2.25. The fourth-order valence-corrected chi connectivity index (χ4v) is 3.47. The Labute approximate surface area is 162 Å². The number of carbonyl (C=O) groups is 1. The van der Waals surface area contributed by atoms with Gasteiger partial charge in [-0.2, -0.15) is 0 Å². The van der Waals surface area contributed by atoms with Crippen LogP contribution in [0.5, 0.6) is 0 Å². The maximum absolute atomic E-state index is 12.4. The summed E-state index contributed by atoms with van der Waals surface area (Å²) < 4.78 is 5.40. The van der Waals surface area contributed by atoms with Crippen LogP contribution < -0.4 is 11.1 Å². The Morgan fingerprint density at radius 1 is 1.12 bits per heavy atom. The second kappa shape index (κ2) is 10.3. The largest absolute Gasteiger partial charge is 0.379 e. The minimum absolute atomic E-state index is 0. The van der Waals surface area contributed by atoms with Gasteiger partial charge in [0.25, 0.3) is 0 Å². The van der Waals surface area contributed by atoms with Crippen molar-refractivity contribution in [2.45, 2.75) is 44.3 Å². The smallest absolute Gasteiger partial charge is 0.240 e. The molecule has 0 aromatic heterocycles. The average molecular weight is 390 g/mol. The standard InChI is InChI=1S/C18H27N3O2.2ClH/c19-18(7-3-4-8-18)17(22)20-13-15-5-1-2-6-16(15)14-21-9-11-23-12-10-21;;/h1-2,5-6H,3-4,7-14,19H2,(H,20,22);2*1H. The molecule has 1 aromatic carbocycles. The number of hydrogen-bond acceptors (Lipinski definition) is 4. The number of nitrogens with one attached hydrogen (secondary N) is 1. The van der Waals surface area contributed by atoms with E-state index in [4.69, 9.17) is 10.5 Å².